The van der Waals surface area contributed by atoms with Crippen molar-refractivity contribution in [3.8, 4) is 0 Å². The number of nitrogens with one attached hydrogen (secondary N) is 2. The van der Waals surface area contributed by atoms with E-state index in [1.165, 1.54) is 0 Å². The number of amides is 1. The van der Waals surface area contributed by atoms with Gasteiger partial charge in [-0.2, -0.15) is 0 Å². The van der Waals surface area contributed by atoms with E-state index in [-0.39, 0.29) is 5.91 Å². The SMILES string of the molecule is CN=C(NCCC(=O)N1CCN(c2ccccn2)CC1)NCc1nnc2ccccn12. The Labute approximate surface area is 181 Å². The minimum absolute atomic E-state index is 0.145. The van der Waals surface area contributed by atoms with E-state index in [1.807, 2.05) is 51.9 Å². The second-order valence-electron chi connectivity index (χ2n) is 7.20. The zero-order chi connectivity index (χ0) is 21.5. The third kappa shape index (κ3) is 5.08. The van der Waals surface area contributed by atoms with Gasteiger partial charge in [-0.05, 0) is 24.3 Å². The first kappa shape index (κ1) is 20.6. The van der Waals surface area contributed by atoms with Crippen molar-refractivity contribution in [3.05, 3.63) is 54.6 Å². The molecule has 10 heteroatoms. The van der Waals surface area contributed by atoms with E-state index in [2.05, 4.69) is 35.7 Å². The molecule has 1 amide bonds. The number of anilines is 1. The van der Waals surface area contributed by atoms with Gasteiger partial charge >= 0.3 is 0 Å². The number of rotatable bonds is 6. The Morgan fingerprint density at radius 2 is 1.90 bits per heavy atom. The molecule has 4 heterocycles. The van der Waals surface area contributed by atoms with Crippen LogP contribution in [0.15, 0.2) is 53.8 Å². The molecule has 0 aliphatic carbocycles. The maximum Gasteiger partial charge on any atom is 0.224 e. The number of fused-ring (bicyclic) bond motifs is 1. The number of nitrogens with zero attached hydrogens (tertiary/aromatic N) is 7. The summed E-state index contributed by atoms with van der Waals surface area (Å²) in [5.74, 6) is 2.53. The monoisotopic (exact) mass is 421 g/mol. The molecule has 0 unspecified atom stereocenters. The molecular weight excluding hydrogens is 394 g/mol. The first-order valence-corrected chi connectivity index (χ1v) is 10.4. The van der Waals surface area contributed by atoms with Crippen LogP contribution in [0.2, 0.25) is 0 Å². The number of aliphatic imine (C=N–C) groups is 1. The minimum atomic E-state index is 0.145. The van der Waals surface area contributed by atoms with E-state index in [0.29, 0.717) is 38.6 Å². The van der Waals surface area contributed by atoms with Gasteiger partial charge in [0.15, 0.2) is 17.4 Å². The fraction of sp³-hybridized carbons (Fsp3) is 0.381. The number of hydrogen-bond acceptors (Lipinski definition) is 6. The molecule has 0 spiro atoms. The molecule has 1 aliphatic heterocycles. The van der Waals surface area contributed by atoms with Gasteiger partial charge in [-0.3, -0.25) is 14.2 Å². The molecule has 162 valence electrons. The highest BCUT2D eigenvalue weighted by atomic mass is 16.2. The van der Waals surface area contributed by atoms with Crippen molar-refractivity contribution in [2.24, 2.45) is 4.99 Å². The predicted octanol–water partition coefficient (Wildman–Crippen LogP) is 0.528. The first-order chi connectivity index (χ1) is 15.2. The molecular formula is C21H27N9O. The lowest BCUT2D eigenvalue weighted by molar-refractivity contribution is -0.131. The number of carbonyl (C=O) groups excluding carboxylic acids is 1. The van der Waals surface area contributed by atoms with Crippen molar-refractivity contribution in [1.82, 2.24) is 35.1 Å². The van der Waals surface area contributed by atoms with E-state index in [9.17, 15) is 4.79 Å². The lowest BCUT2D eigenvalue weighted by Crippen LogP contribution is -2.49. The van der Waals surface area contributed by atoms with Gasteiger partial charge in [-0.15, -0.1) is 10.2 Å². The second-order valence-corrected chi connectivity index (χ2v) is 7.20. The van der Waals surface area contributed by atoms with Crippen LogP contribution in [0.3, 0.4) is 0 Å². The largest absolute Gasteiger partial charge is 0.356 e. The van der Waals surface area contributed by atoms with Crippen molar-refractivity contribution in [1.29, 1.82) is 0 Å². The summed E-state index contributed by atoms with van der Waals surface area (Å²) in [5.41, 5.74) is 0.802. The molecule has 1 saturated heterocycles. The number of guanidine groups is 1. The molecule has 0 aromatic carbocycles. The minimum Gasteiger partial charge on any atom is -0.356 e. The van der Waals surface area contributed by atoms with Crippen molar-refractivity contribution < 1.29 is 4.79 Å². The van der Waals surface area contributed by atoms with Gasteiger partial charge in [-0.1, -0.05) is 12.1 Å². The highest BCUT2D eigenvalue weighted by molar-refractivity contribution is 5.81. The summed E-state index contributed by atoms with van der Waals surface area (Å²) in [5, 5.41) is 14.8. The summed E-state index contributed by atoms with van der Waals surface area (Å²) in [7, 11) is 1.70. The molecule has 31 heavy (non-hydrogen) atoms. The summed E-state index contributed by atoms with van der Waals surface area (Å²) >= 11 is 0. The molecule has 1 fully saturated rings. The average Bonchev–Trinajstić information content (AvgIpc) is 3.25. The normalized spacial score (nSPS) is 14.7. The van der Waals surface area contributed by atoms with Crippen LogP contribution < -0.4 is 15.5 Å². The van der Waals surface area contributed by atoms with Crippen molar-refractivity contribution >= 4 is 23.3 Å². The molecule has 0 bridgehead atoms. The summed E-state index contributed by atoms with van der Waals surface area (Å²) in [4.78, 5) is 25.3. The Balaban J connectivity index is 1.19. The fourth-order valence-corrected chi connectivity index (χ4v) is 3.57. The number of pyridine rings is 2. The maximum absolute atomic E-state index is 12.6. The Morgan fingerprint density at radius 1 is 1.06 bits per heavy atom. The second kappa shape index (κ2) is 9.88. The van der Waals surface area contributed by atoms with Crippen LogP contribution in [0.25, 0.3) is 5.65 Å². The van der Waals surface area contributed by atoms with Crippen LogP contribution in [-0.4, -0.2) is 76.1 Å². The Hall–Kier alpha value is -3.69. The van der Waals surface area contributed by atoms with Gasteiger partial charge in [0.1, 0.15) is 5.82 Å². The van der Waals surface area contributed by atoms with Gasteiger partial charge in [-0.25, -0.2) is 4.98 Å². The molecule has 2 N–H and O–H groups in total. The zero-order valence-electron chi connectivity index (χ0n) is 17.6. The molecule has 0 atom stereocenters. The van der Waals surface area contributed by atoms with Crippen molar-refractivity contribution in [2.75, 3.05) is 44.7 Å². The lowest BCUT2D eigenvalue weighted by atomic mass is 10.2. The zero-order valence-corrected chi connectivity index (χ0v) is 17.6. The highest BCUT2D eigenvalue weighted by Gasteiger charge is 2.21. The molecule has 4 rings (SSSR count). The van der Waals surface area contributed by atoms with E-state index in [4.69, 9.17) is 0 Å². The van der Waals surface area contributed by atoms with Gasteiger partial charge in [0.05, 0.1) is 6.54 Å². The van der Waals surface area contributed by atoms with E-state index >= 15 is 0 Å². The Kier molecular flexibility index (Phi) is 6.56. The standard InChI is InChI=1S/C21H27N9O/c1-22-21(25-16-19-27-26-18-7-3-5-11-30(18)19)24-10-8-20(31)29-14-12-28(13-15-29)17-6-2-4-9-23-17/h2-7,9,11H,8,10,12-16H2,1H3,(H2,22,24,25). The van der Waals surface area contributed by atoms with E-state index < -0.39 is 0 Å². The average molecular weight is 422 g/mol. The topological polar surface area (TPSA) is 103 Å². The summed E-state index contributed by atoms with van der Waals surface area (Å²) in [6.07, 6.45) is 4.14. The van der Waals surface area contributed by atoms with Crippen LogP contribution >= 0.6 is 0 Å². The summed E-state index contributed by atoms with van der Waals surface area (Å²) in [6.45, 7) is 4.01. The van der Waals surface area contributed by atoms with Crippen LogP contribution in [0, 0.1) is 0 Å². The number of carbonyl (C=O) groups is 1. The smallest absolute Gasteiger partial charge is 0.224 e. The summed E-state index contributed by atoms with van der Waals surface area (Å²) in [6, 6.07) is 11.7. The molecule has 3 aromatic heterocycles. The van der Waals surface area contributed by atoms with Crippen LogP contribution in [-0.2, 0) is 11.3 Å². The van der Waals surface area contributed by atoms with Crippen LogP contribution in [0.4, 0.5) is 5.82 Å². The number of aromatic nitrogens is 4. The van der Waals surface area contributed by atoms with Crippen LogP contribution in [0.5, 0.6) is 0 Å². The molecule has 0 radical (unpaired) electrons. The third-order valence-electron chi connectivity index (χ3n) is 5.26. The maximum atomic E-state index is 12.6. The molecule has 3 aromatic rings. The lowest BCUT2D eigenvalue weighted by Gasteiger charge is -2.35. The Bertz CT molecular complexity index is 1030. The first-order valence-electron chi connectivity index (χ1n) is 10.4. The van der Waals surface area contributed by atoms with Crippen molar-refractivity contribution in [2.45, 2.75) is 13.0 Å². The third-order valence-corrected chi connectivity index (χ3v) is 5.26. The molecule has 10 nitrogen and oxygen atoms in total. The highest BCUT2D eigenvalue weighted by Crippen LogP contribution is 2.12. The van der Waals surface area contributed by atoms with Gasteiger partial charge < -0.3 is 20.4 Å². The quantitative estimate of drug-likeness (QED) is 0.442. The number of piperazine rings is 1. The van der Waals surface area contributed by atoms with E-state index in [1.54, 1.807) is 13.2 Å². The van der Waals surface area contributed by atoms with Gasteiger partial charge in [0.2, 0.25) is 5.91 Å². The van der Waals surface area contributed by atoms with Gasteiger partial charge in [0, 0.05) is 58.6 Å². The van der Waals surface area contributed by atoms with Crippen molar-refractivity contribution in [3.63, 3.8) is 0 Å². The Morgan fingerprint density at radius 3 is 2.68 bits per heavy atom. The molecule has 0 saturated carbocycles. The molecule has 1 aliphatic rings. The summed E-state index contributed by atoms with van der Waals surface area (Å²) < 4.78 is 1.93. The fourth-order valence-electron chi connectivity index (χ4n) is 3.57. The van der Waals surface area contributed by atoms with E-state index in [0.717, 1.165) is 30.4 Å². The predicted molar refractivity (Wildman–Crippen MR) is 119 cm³/mol. The van der Waals surface area contributed by atoms with Crippen LogP contribution in [0.1, 0.15) is 12.2 Å². The number of hydrogen-bond donors (Lipinski definition) is 2. The van der Waals surface area contributed by atoms with Gasteiger partial charge in [0.25, 0.3) is 0 Å².